The van der Waals surface area contributed by atoms with Gasteiger partial charge in [-0.05, 0) is 66.3 Å². The molecule has 5 heteroatoms. The van der Waals surface area contributed by atoms with E-state index in [1.54, 1.807) is 18.6 Å². The van der Waals surface area contributed by atoms with Crippen LogP contribution in [0.3, 0.4) is 0 Å². The van der Waals surface area contributed by atoms with Gasteiger partial charge in [-0.1, -0.05) is 27.7 Å². The Bertz CT molecular complexity index is 1100. The van der Waals surface area contributed by atoms with Gasteiger partial charge in [-0.3, -0.25) is 15.0 Å². The molecule has 2 atom stereocenters. The van der Waals surface area contributed by atoms with Crippen molar-refractivity contribution in [3.8, 4) is 6.07 Å². The predicted octanol–water partition coefficient (Wildman–Crippen LogP) is 6.01. The molecular weight excluding hydrogens is 387 g/mol. The van der Waals surface area contributed by atoms with Gasteiger partial charge < -0.3 is 0 Å². The second kappa shape index (κ2) is 9.78. The van der Waals surface area contributed by atoms with Crippen LogP contribution in [0.1, 0.15) is 84.5 Å². The summed E-state index contributed by atoms with van der Waals surface area (Å²) in [5.74, 6) is 0.188. The number of hydrogen-bond acceptors (Lipinski definition) is 4. The van der Waals surface area contributed by atoms with Crippen molar-refractivity contribution in [2.75, 3.05) is 0 Å². The van der Waals surface area contributed by atoms with Crippen LogP contribution in [0.2, 0.25) is 0 Å². The Labute approximate surface area is 184 Å². The number of rotatable bonds is 7. The van der Waals surface area contributed by atoms with Gasteiger partial charge in [0, 0.05) is 47.8 Å². The molecule has 0 saturated carbocycles. The highest BCUT2D eigenvalue weighted by Crippen LogP contribution is 2.29. The summed E-state index contributed by atoms with van der Waals surface area (Å²) in [6, 6.07) is 5.95. The summed E-state index contributed by atoms with van der Waals surface area (Å²) in [4.78, 5) is 13.0. The number of aromatic nitrogens is 3. The highest BCUT2D eigenvalue weighted by molar-refractivity contribution is 5.35. The topological polar surface area (TPSA) is 62.5 Å². The molecular formula is C26H29FN4. The number of pyridine rings is 3. The van der Waals surface area contributed by atoms with Crippen molar-refractivity contribution in [2.45, 2.75) is 65.2 Å². The van der Waals surface area contributed by atoms with E-state index in [0.717, 1.165) is 17.7 Å². The van der Waals surface area contributed by atoms with E-state index < -0.39 is 0 Å². The maximum absolute atomic E-state index is 15.4. The van der Waals surface area contributed by atoms with Gasteiger partial charge in [-0.2, -0.15) is 5.26 Å². The molecule has 0 aliphatic rings. The van der Waals surface area contributed by atoms with Gasteiger partial charge in [0.15, 0.2) is 0 Å². The quantitative estimate of drug-likeness (QED) is 0.473. The zero-order chi connectivity index (χ0) is 22.5. The second-order valence-corrected chi connectivity index (χ2v) is 8.67. The minimum absolute atomic E-state index is 0.00699. The molecule has 0 N–H and O–H groups in total. The summed E-state index contributed by atoms with van der Waals surface area (Å²) in [5, 5.41) is 9.10. The Balaban J connectivity index is 1.82. The minimum atomic E-state index is -0.186. The van der Waals surface area contributed by atoms with Crippen LogP contribution in [0.5, 0.6) is 0 Å². The second-order valence-electron chi connectivity index (χ2n) is 8.67. The van der Waals surface area contributed by atoms with E-state index in [2.05, 4.69) is 41.8 Å². The molecule has 0 saturated heterocycles. The van der Waals surface area contributed by atoms with Gasteiger partial charge in [0.2, 0.25) is 0 Å². The Hall–Kier alpha value is -3.13. The molecule has 0 spiro atoms. The van der Waals surface area contributed by atoms with Crippen molar-refractivity contribution >= 4 is 0 Å². The SMILES string of the molecule is Cc1c(C[C@H](C)c2cncc(C[C@H](C)c3cncc(C#N)c3)c2F)ccnc1C(C)C. The molecule has 0 aliphatic carbocycles. The zero-order valence-corrected chi connectivity index (χ0v) is 18.9. The van der Waals surface area contributed by atoms with Crippen LogP contribution in [0.4, 0.5) is 4.39 Å². The summed E-state index contributed by atoms with van der Waals surface area (Å²) in [6.07, 6.45) is 9.61. The van der Waals surface area contributed by atoms with Crippen molar-refractivity contribution in [3.63, 3.8) is 0 Å². The maximum atomic E-state index is 15.4. The summed E-state index contributed by atoms with van der Waals surface area (Å²) in [7, 11) is 0. The molecule has 0 fully saturated rings. The van der Waals surface area contributed by atoms with Gasteiger partial charge in [0.25, 0.3) is 0 Å². The van der Waals surface area contributed by atoms with E-state index in [4.69, 9.17) is 5.26 Å². The fourth-order valence-corrected chi connectivity index (χ4v) is 4.07. The highest BCUT2D eigenvalue weighted by Gasteiger charge is 2.19. The van der Waals surface area contributed by atoms with Crippen LogP contribution in [-0.4, -0.2) is 15.0 Å². The third-order valence-corrected chi connectivity index (χ3v) is 5.92. The standard InChI is InChI=1S/C26H29FN4/c1-16(2)26-19(5)21(6-7-31-26)9-18(4)24-15-30-14-23(25(24)27)8-17(3)22-10-20(11-28)12-29-13-22/h6-7,10,12-18H,8-9H2,1-5H3/t17-,18-/m0/s1. The van der Waals surface area contributed by atoms with Gasteiger partial charge >= 0.3 is 0 Å². The Morgan fingerprint density at radius 3 is 2.39 bits per heavy atom. The summed E-state index contributed by atoms with van der Waals surface area (Å²) < 4.78 is 15.4. The van der Waals surface area contributed by atoms with E-state index in [-0.39, 0.29) is 17.7 Å². The van der Waals surface area contributed by atoms with E-state index in [1.807, 2.05) is 32.2 Å². The predicted molar refractivity (Wildman–Crippen MR) is 120 cm³/mol. The van der Waals surface area contributed by atoms with Crippen LogP contribution in [0, 0.1) is 24.1 Å². The Kier molecular flexibility index (Phi) is 7.12. The molecule has 0 aliphatic heterocycles. The molecule has 4 nitrogen and oxygen atoms in total. The van der Waals surface area contributed by atoms with E-state index in [1.165, 1.54) is 17.3 Å². The van der Waals surface area contributed by atoms with Gasteiger partial charge in [0.1, 0.15) is 11.9 Å². The third kappa shape index (κ3) is 5.14. The minimum Gasteiger partial charge on any atom is -0.264 e. The first-order valence-corrected chi connectivity index (χ1v) is 10.7. The van der Waals surface area contributed by atoms with Crippen molar-refractivity contribution in [3.05, 3.63) is 88.0 Å². The fraction of sp³-hybridized carbons (Fsp3) is 0.385. The average Bonchev–Trinajstić information content (AvgIpc) is 2.76. The summed E-state index contributed by atoms with van der Waals surface area (Å²) in [6.45, 7) is 10.4. The third-order valence-electron chi connectivity index (χ3n) is 5.92. The van der Waals surface area contributed by atoms with Crippen LogP contribution in [0.25, 0.3) is 0 Å². The Morgan fingerprint density at radius 1 is 0.968 bits per heavy atom. The van der Waals surface area contributed by atoms with Crippen LogP contribution in [0.15, 0.2) is 43.1 Å². The van der Waals surface area contributed by atoms with Crippen LogP contribution < -0.4 is 0 Å². The Morgan fingerprint density at radius 2 is 1.68 bits per heavy atom. The van der Waals surface area contributed by atoms with E-state index in [0.29, 0.717) is 29.0 Å². The maximum Gasteiger partial charge on any atom is 0.132 e. The first kappa shape index (κ1) is 22.6. The number of hydrogen-bond donors (Lipinski definition) is 0. The van der Waals surface area contributed by atoms with Gasteiger partial charge in [-0.15, -0.1) is 0 Å². The molecule has 0 bridgehead atoms. The molecule has 3 heterocycles. The lowest BCUT2D eigenvalue weighted by atomic mass is 9.88. The molecule has 3 aromatic heterocycles. The number of halogens is 1. The van der Waals surface area contributed by atoms with Crippen molar-refractivity contribution in [1.29, 1.82) is 5.26 Å². The smallest absolute Gasteiger partial charge is 0.132 e. The molecule has 160 valence electrons. The molecule has 3 rings (SSSR count). The molecule has 0 aromatic carbocycles. The normalized spacial score (nSPS) is 13.1. The number of nitriles is 1. The first-order chi connectivity index (χ1) is 14.8. The number of nitrogens with zero attached hydrogens (tertiary/aromatic N) is 4. The van der Waals surface area contributed by atoms with E-state index >= 15 is 4.39 Å². The largest absolute Gasteiger partial charge is 0.264 e. The van der Waals surface area contributed by atoms with Crippen molar-refractivity contribution in [1.82, 2.24) is 15.0 Å². The lowest BCUT2D eigenvalue weighted by molar-refractivity contribution is 0.560. The van der Waals surface area contributed by atoms with Gasteiger partial charge in [-0.25, -0.2) is 4.39 Å². The first-order valence-electron chi connectivity index (χ1n) is 10.7. The summed E-state index contributed by atoms with van der Waals surface area (Å²) in [5.41, 5.74) is 6.14. The highest BCUT2D eigenvalue weighted by atomic mass is 19.1. The molecule has 0 unspecified atom stereocenters. The molecule has 31 heavy (non-hydrogen) atoms. The average molecular weight is 417 g/mol. The van der Waals surface area contributed by atoms with E-state index in [9.17, 15) is 0 Å². The van der Waals surface area contributed by atoms with Crippen LogP contribution >= 0.6 is 0 Å². The van der Waals surface area contributed by atoms with Crippen molar-refractivity contribution < 1.29 is 4.39 Å². The lowest BCUT2D eigenvalue weighted by Crippen LogP contribution is -2.09. The fourth-order valence-electron chi connectivity index (χ4n) is 4.07. The van der Waals surface area contributed by atoms with Crippen LogP contribution in [-0.2, 0) is 12.8 Å². The lowest BCUT2D eigenvalue weighted by Gasteiger charge is -2.19. The monoisotopic (exact) mass is 416 g/mol. The summed E-state index contributed by atoms with van der Waals surface area (Å²) >= 11 is 0. The molecule has 0 radical (unpaired) electrons. The molecule has 3 aromatic rings. The molecule has 0 amide bonds. The zero-order valence-electron chi connectivity index (χ0n) is 18.9. The van der Waals surface area contributed by atoms with Crippen molar-refractivity contribution in [2.24, 2.45) is 0 Å². The van der Waals surface area contributed by atoms with Gasteiger partial charge in [0.05, 0.1) is 5.56 Å².